The maximum absolute atomic E-state index is 8.80. The van der Waals surface area contributed by atoms with Gasteiger partial charge in [-0.1, -0.05) is 52.0 Å². The number of aliphatic hydroxyl groups is 1. The van der Waals surface area contributed by atoms with Crippen molar-refractivity contribution < 1.29 is 5.11 Å². The van der Waals surface area contributed by atoms with Crippen molar-refractivity contribution in [3.05, 3.63) is 35.4 Å². The number of rotatable bonds is 7. The molecule has 0 saturated carbocycles. The third-order valence-corrected chi connectivity index (χ3v) is 3.73. The van der Waals surface area contributed by atoms with Crippen molar-refractivity contribution in [2.45, 2.75) is 45.4 Å². The zero-order valence-electron chi connectivity index (χ0n) is 12.2. The first kappa shape index (κ1) is 15.2. The van der Waals surface area contributed by atoms with E-state index in [-0.39, 0.29) is 12.0 Å². The average Bonchev–Trinajstić information content (AvgIpc) is 2.38. The van der Waals surface area contributed by atoms with E-state index in [9.17, 15) is 0 Å². The van der Waals surface area contributed by atoms with Crippen LogP contribution in [-0.2, 0) is 5.41 Å². The molecule has 18 heavy (non-hydrogen) atoms. The fourth-order valence-corrected chi connectivity index (χ4v) is 2.08. The fourth-order valence-electron chi connectivity index (χ4n) is 2.08. The Balaban J connectivity index is 2.71. The Morgan fingerprint density at radius 3 is 2.33 bits per heavy atom. The number of aliphatic hydroxyl groups excluding tert-OH is 1. The van der Waals surface area contributed by atoms with Crippen LogP contribution in [0.4, 0.5) is 0 Å². The van der Waals surface area contributed by atoms with E-state index in [1.807, 2.05) is 0 Å². The van der Waals surface area contributed by atoms with Gasteiger partial charge in [-0.05, 0) is 23.5 Å². The molecule has 2 heteroatoms. The van der Waals surface area contributed by atoms with Gasteiger partial charge in [-0.2, -0.15) is 0 Å². The van der Waals surface area contributed by atoms with Crippen molar-refractivity contribution in [2.24, 2.45) is 0 Å². The average molecular weight is 249 g/mol. The van der Waals surface area contributed by atoms with Gasteiger partial charge in [0.2, 0.25) is 0 Å². The molecule has 1 unspecified atom stereocenters. The Kier molecular flexibility index (Phi) is 5.83. The molecule has 0 amide bonds. The molecule has 0 aliphatic rings. The lowest BCUT2D eigenvalue weighted by Crippen LogP contribution is -2.34. The molecule has 2 N–H and O–H groups in total. The molecule has 0 aliphatic heterocycles. The van der Waals surface area contributed by atoms with E-state index in [0.29, 0.717) is 12.5 Å². The van der Waals surface area contributed by atoms with Crippen molar-refractivity contribution in [2.75, 3.05) is 19.7 Å². The summed E-state index contributed by atoms with van der Waals surface area (Å²) in [7, 11) is 0. The van der Waals surface area contributed by atoms with Crippen LogP contribution in [0.2, 0.25) is 0 Å². The highest BCUT2D eigenvalue weighted by Gasteiger charge is 2.20. The van der Waals surface area contributed by atoms with Crippen molar-refractivity contribution in [3.63, 3.8) is 0 Å². The minimum Gasteiger partial charge on any atom is -0.395 e. The minimum atomic E-state index is 0.100. The Morgan fingerprint density at radius 1 is 1.22 bits per heavy atom. The van der Waals surface area contributed by atoms with Crippen molar-refractivity contribution in [1.29, 1.82) is 0 Å². The molecule has 0 aromatic heterocycles. The van der Waals surface area contributed by atoms with Gasteiger partial charge in [-0.3, -0.25) is 0 Å². The van der Waals surface area contributed by atoms with Crippen LogP contribution in [0.15, 0.2) is 24.3 Å². The summed E-state index contributed by atoms with van der Waals surface area (Å²) in [5, 5.41) is 12.1. The first-order valence-electron chi connectivity index (χ1n) is 6.93. The quantitative estimate of drug-likeness (QED) is 0.728. The van der Waals surface area contributed by atoms with Crippen LogP contribution in [0, 0.1) is 0 Å². The van der Waals surface area contributed by atoms with Gasteiger partial charge in [0.25, 0.3) is 0 Å². The minimum absolute atomic E-state index is 0.100. The Morgan fingerprint density at radius 2 is 1.83 bits per heavy atom. The smallest absolute Gasteiger partial charge is 0.0555 e. The highest BCUT2D eigenvalue weighted by atomic mass is 16.3. The van der Waals surface area contributed by atoms with E-state index in [2.05, 4.69) is 57.3 Å². The molecule has 0 radical (unpaired) electrons. The largest absolute Gasteiger partial charge is 0.395 e. The second kappa shape index (κ2) is 6.91. The summed E-state index contributed by atoms with van der Waals surface area (Å²) in [5.41, 5.74) is 2.86. The van der Waals surface area contributed by atoms with E-state index >= 15 is 0 Å². The van der Waals surface area contributed by atoms with Crippen LogP contribution >= 0.6 is 0 Å². The number of nitrogens with one attached hydrogen (secondary N) is 1. The zero-order valence-corrected chi connectivity index (χ0v) is 12.2. The van der Waals surface area contributed by atoms with Crippen LogP contribution in [-0.4, -0.2) is 24.8 Å². The maximum Gasteiger partial charge on any atom is 0.0555 e. The van der Waals surface area contributed by atoms with E-state index in [1.165, 1.54) is 17.5 Å². The lowest BCUT2D eigenvalue weighted by Gasteiger charge is -2.26. The predicted molar refractivity (Wildman–Crippen MR) is 78.1 cm³/mol. The third kappa shape index (κ3) is 4.11. The monoisotopic (exact) mass is 249 g/mol. The second-order valence-corrected chi connectivity index (χ2v) is 5.72. The molecular weight excluding hydrogens is 222 g/mol. The first-order valence-corrected chi connectivity index (χ1v) is 6.93. The molecule has 0 aliphatic carbocycles. The molecule has 0 saturated heterocycles. The Labute approximate surface area is 111 Å². The lowest BCUT2D eigenvalue weighted by atomic mass is 9.83. The van der Waals surface area contributed by atoms with Gasteiger partial charge in [0.05, 0.1) is 6.61 Å². The topological polar surface area (TPSA) is 32.3 Å². The van der Waals surface area contributed by atoms with E-state index < -0.39 is 0 Å². The normalized spacial score (nSPS) is 13.6. The molecule has 1 aromatic carbocycles. The summed E-state index contributed by atoms with van der Waals surface area (Å²) in [6.07, 6.45) is 1.18. The molecule has 1 rings (SSSR count). The molecule has 0 fully saturated rings. The summed E-state index contributed by atoms with van der Waals surface area (Å²) in [5.74, 6) is 0.634. The Bertz CT molecular complexity index is 343. The van der Waals surface area contributed by atoms with Crippen molar-refractivity contribution in [1.82, 2.24) is 5.32 Å². The highest BCUT2D eigenvalue weighted by molar-refractivity contribution is 5.30. The van der Waals surface area contributed by atoms with Crippen LogP contribution in [0.1, 0.15) is 51.2 Å². The molecule has 2 nitrogen and oxygen atoms in total. The van der Waals surface area contributed by atoms with Crippen LogP contribution < -0.4 is 5.32 Å². The molecule has 1 atom stereocenters. The van der Waals surface area contributed by atoms with E-state index in [0.717, 1.165) is 6.54 Å². The van der Waals surface area contributed by atoms with E-state index in [1.54, 1.807) is 0 Å². The molecule has 102 valence electrons. The number of benzene rings is 1. The summed E-state index contributed by atoms with van der Waals surface area (Å²) in [6, 6.07) is 8.97. The molecular formula is C16H27NO. The summed E-state index contributed by atoms with van der Waals surface area (Å²) in [6.45, 7) is 10.7. The van der Waals surface area contributed by atoms with Gasteiger partial charge in [0.1, 0.15) is 0 Å². The zero-order chi connectivity index (χ0) is 13.6. The van der Waals surface area contributed by atoms with Crippen LogP contribution in [0.5, 0.6) is 0 Å². The standard InChI is InChI=1S/C16H27NO/c1-5-13(2)14-6-8-15(9-7-14)16(3,4)12-17-10-11-18/h6-9,13,17-18H,5,10-12H2,1-4H3. The van der Waals surface area contributed by atoms with Gasteiger partial charge < -0.3 is 10.4 Å². The Hall–Kier alpha value is -0.860. The molecule has 0 spiro atoms. The predicted octanol–water partition coefficient (Wildman–Crippen LogP) is 3.06. The van der Waals surface area contributed by atoms with E-state index in [4.69, 9.17) is 5.11 Å². The lowest BCUT2D eigenvalue weighted by molar-refractivity contribution is 0.286. The molecule has 0 bridgehead atoms. The van der Waals surface area contributed by atoms with Gasteiger partial charge in [-0.25, -0.2) is 0 Å². The van der Waals surface area contributed by atoms with Crippen molar-refractivity contribution in [3.8, 4) is 0 Å². The number of hydrogen-bond donors (Lipinski definition) is 2. The molecule has 0 heterocycles. The summed E-state index contributed by atoms with van der Waals surface area (Å²) >= 11 is 0. The highest BCUT2D eigenvalue weighted by Crippen LogP contribution is 2.25. The molecule has 1 aromatic rings. The second-order valence-electron chi connectivity index (χ2n) is 5.72. The maximum atomic E-state index is 8.80. The summed E-state index contributed by atoms with van der Waals surface area (Å²) in [4.78, 5) is 0. The first-order chi connectivity index (χ1) is 8.51. The van der Waals surface area contributed by atoms with Gasteiger partial charge >= 0.3 is 0 Å². The van der Waals surface area contributed by atoms with Crippen LogP contribution in [0.3, 0.4) is 0 Å². The van der Waals surface area contributed by atoms with Gasteiger partial charge in [0.15, 0.2) is 0 Å². The third-order valence-electron chi connectivity index (χ3n) is 3.73. The van der Waals surface area contributed by atoms with Crippen LogP contribution in [0.25, 0.3) is 0 Å². The van der Waals surface area contributed by atoms with Gasteiger partial charge in [-0.15, -0.1) is 0 Å². The fraction of sp³-hybridized carbons (Fsp3) is 0.625. The summed E-state index contributed by atoms with van der Waals surface area (Å²) < 4.78 is 0. The SMILES string of the molecule is CCC(C)c1ccc(C(C)(C)CNCCO)cc1. The van der Waals surface area contributed by atoms with Crippen molar-refractivity contribution >= 4 is 0 Å². The van der Waals surface area contributed by atoms with Gasteiger partial charge in [0, 0.05) is 18.5 Å². The number of hydrogen-bond acceptors (Lipinski definition) is 2.